The molecule has 1 aromatic carbocycles. The molecule has 6 nitrogen and oxygen atoms in total. The van der Waals surface area contributed by atoms with Gasteiger partial charge in [-0.05, 0) is 41.5 Å². The molecule has 0 spiro atoms. The summed E-state index contributed by atoms with van der Waals surface area (Å²) in [5, 5.41) is 4.81. The number of ether oxygens (including phenoxy) is 1. The third-order valence-electron chi connectivity index (χ3n) is 5.11. The number of thioether (sulfide) groups is 1. The van der Waals surface area contributed by atoms with Gasteiger partial charge < -0.3 is 15.0 Å². The minimum atomic E-state index is -0.723. The van der Waals surface area contributed by atoms with Crippen LogP contribution in [-0.2, 0) is 14.3 Å². The van der Waals surface area contributed by atoms with Crippen LogP contribution >= 0.6 is 23.1 Å². The maximum Gasteiger partial charge on any atom is 0.328 e. The first-order valence-electron chi connectivity index (χ1n) is 9.26. The molecule has 0 fully saturated rings. The Morgan fingerprint density at radius 2 is 2.03 bits per heavy atom. The Balaban J connectivity index is 2.00. The molecular formula is C21H24N2O4S2. The van der Waals surface area contributed by atoms with E-state index in [4.69, 9.17) is 4.74 Å². The average Bonchev–Trinajstić information content (AvgIpc) is 3.27. The van der Waals surface area contributed by atoms with E-state index in [1.807, 2.05) is 35.9 Å². The van der Waals surface area contributed by atoms with E-state index in [-0.39, 0.29) is 11.8 Å². The average molecular weight is 433 g/mol. The fourth-order valence-electron chi connectivity index (χ4n) is 3.66. The first-order valence-corrected chi connectivity index (χ1v) is 11.5. The molecule has 2 amide bonds. The van der Waals surface area contributed by atoms with E-state index in [0.29, 0.717) is 23.3 Å². The summed E-state index contributed by atoms with van der Waals surface area (Å²) in [6, 6.07) is 9.86. The van der Waals surface area contributed by atoms with Crippen molar-refractivity contribution in [3.8, 4) is 0 Å². The molecule has 1 aromatic heterocycles. The number of amides is 2. The molecule has 2 heterocycles. The normalized spacial score (nSPS) is 19.4. The second-order valence-electron chi connectivity index (χ2n) is 6.81. The maximum atomic E-state index is 13.5. The highest BCUT2D eigenvalue weighted by molar-refractivity contribution is 7.98. The predicted octanol–water partition coefficient (Wildman–Crippen LogP) is 3.07. The number of likely N-dealkylation sites (N-methyl/N-ethyl adjacent to an activating group) is 1. The quantitative estimate of drug-likeness (QED) is 0.681. The monoisotopic (exact) mass is 432 g/mol. The summed E-state index contributed by atoms with van der Waals surface area (Å²) < 4.78 is 4.88. The summed E-state index contributed by atoms with van der Waals surface area (Å²) in [6.45, 7) is 0. The minimum absolute atomic E-state index is 0.116. The first-order chi connectivity index (χ1) is 14.0. The van der Waals surface area contributed by atoms with Gasteiger partial charge in [-0.3, -0.25) is 9.59 Å². The number of esters is 1. The van der Waals surface area contributed by atoms with Crippen molar-refractivity contribution in [2.75, 3.05) is 26.2 Å². The van der Waals surface area contributed by atoms with Crippen molar-refractivity contribution >= 4 is 40.9 Å². The standard InChI is InChI=1S/C21H24N2O4S2/c1-23-18(16-9-6-11-29-16)17(13-7-4-5-8-14(13)20(23)25)19(24)22-15(10-12-28-3)21(26)27-2/h4-9,11,15,17-18H,10,12H2,1-3H3,(H,22,24)/t15-,17+,18-/m0/s1. The van der Waals surface area contributed by atoms with Crippen LogP contribution in [0.15, 0.2) is 41.8 Å². The Bertz CT molecular complexity index is 885. The number of fused-ring (bicyclic) bond motifs is 1. The topological polar surface area (TPSA) is 75.7 Å². The van der Waals surface area contributed by atoms with Crippen LogP contribution in [0.3, 0.4) is 0 Å². The van der Waals surface area contributed by atoms with E-state index in [1.165, 1.54) is 18.4 Å². The van der Waals surface area contributed by atoms with E-state index in [1.54, 1.807) is 35.8 Å². The number of hydrogen-bond acceptors (Lipinski definition) is 6. The zero-order valence-corrected chi connectivity index (χ0v) is 18.2. The number of carbonyl (C=O) groups is 3. The summed E-state index contributed by atoms with van der Waals surface area (Å²) >= 11 is 3.10. The summed E-state index contributed by atoms with van der Waals surface area (Å²) in [5.41, 5.74) is 1.20. The van der Waals surface area contributed by atoms with Crippen LogP contribution in [0.2, 0.25) is 0 Å². The molecule has 1 aliphatic heterocycles. The molecule has 154 valence electrons. The first kappa shape index (κ1) is 21.4. The Labute approximate surface area is 178 Å². The van der Waals surface area contributed by atoms with E-state index >= 15 is 0 Å². The molecule has 0 saturated carbocycles. The van der Waals surface area contributed by atoms with Crippen LogP contribution in [0, 0.1) is 0 Å². The van der Waals surface area contributed by atoms with Gasteiger partial charge in [0.15, 0.2) is 0 Å². The smallest absolute Gasteiger partial charge is 0.328 e. The van der Waals surface area contributed by atoms with Gasteiger partial charge in [-0.1, -0.05) is 24.3 Å². The van der Waals surface area contributed by atoms with E-state index in [2.05, 4.69) is 5.32 Å². The van der Waals surface area contributed by atoms with E-state index < -0.39 is 24.0 Å². The van der Waals surface area contributed by atoms with Gasteiger partial charge in [-0.25, -0.2) is 4.79 Å². The molecule has 0 bridgehead atoms. The number of nitrogens with one attached hydrogen (secondary N) is 1. The maximum absolute atomic E-state index is 13.5. The molecule has 29 heavy (non-hydrogen) atoms. The summed E-state index contributed by atoms with van der Waals surface area (Å²) in [5.74, 6) is -0.766. The molecule has 1 N–H and O–H groups in total. The number of benzene rings is 1. The van der Waals surface area contributed by atoms with Gasteiger partial charge in [0, 0.05) is 17.5 Å². The van der Waals surface area contributed by atoms with Crippen LogP contribution in [0.1, 0.15) is 39.2 Å². The lowest BCUT2D eigenvalue weighted by Gasteiger charge is -2.39. The lowest BCUT2D eigenvalue weighted by molar-refractivity contribution is -0.145. The molecule has 8 heteroatoms. The SMILES string of the molecule is COC(=O)[C@H](CCSC)NC(=O)[C@@H]1c2ccccc2C(=O)N(C)[C@H]1c1cccs1. The van der Waals surface area contributed by atoms with Crippen molar-refractivity contribution in [2.45, 2.75) is 24.4 Å². The van der Waals surface area contributed by atoms with Crippen LogP contribution in [0.4, 0.5) is 0 Å². The Hall–Kier alpha value is -2.32. The van der Waals surface area contributed by atoms with Crippen LogP contribution in [0.25, 0.3) is 0 Å². The second kappa shape index (κ2) is 9.45. The van der Waals surface area contributed by atoms with Crippen LogP contribution in [0.5, 0.6) is 0 Å². The van der Waals surface area contributed by atoms with Crippen LogP contribution in [-0.4, -0.2) is 54.9 Å². The summed E-state index contributed by atoms with van der Waals surface area (Å²) in [7, 11) is 3.03. The predicted molar refractivity (Wildman–Crippen MR) is 115 cm³/mol. The molecule has 0 radical (unpaired) electrons. The van der Waals surface area contributed by atoms with E-state index in [0.717, 1.165) is 4.88 Å². The van der Waals surface area contributed by atoms with Crippen molar-refractivity contribution in [1.82, 2.24) is 10.2 Å². The fourth-order valence-corrected chi connectivity index (χ4v) is 5.04. The third-order valence-corrected chi connectivity index (χ3v) is 6.70. The van der Waals surface area contributed by atoms with Crippen molar-refractivity contribution < 1.29 is 19.1 Å². The molecule has 2 aromatic rings. The molecule has 3 rings (SSSR count). The van der Waals surface area contributed by atoms with Crippen molar-refractivity contribution in [3.05, 3.63) is 57.8 Å². The Morgan fingerprint density at radius 3 is 2.69 bits per heavy atom. The second-order valence-corrected chi connectivity index (χ2v) is 8.77. The van der Waals surface area contributed by atoms with E-state index in [9.17, 15) is 14.4 Å². The summed E-state index contributed by atoms with van der Waals surface area (Å²) in [4.78, 5) is 41.1. The highest BCUT2D eigenvalue weighted by Crippen LogP contribution is 2.43. The van der Waals surface area contributed by atoms with Gasteiger partial charge in [-0.15, -0.1) is 11.3 Å². The number of hydrogen-bond donors (Lipinski definition) is 1. The lowest BCUT2D eigenvalue weighted by Crippen LogP contribution is -2.49. The largest absolute Gasteiger partial charge is 0.467 e. The minimum Gasteiger partial charge on any atom is -0.467 e. The number of carbonyl (C=O) groups excluding carboxylic acids is 3. The Morgan fingerprint density at radius 1 is 1.28 bits per heavy atom. The van der Waals surface area contributed by atoms with Gasteiger partial charge in [0.25, 0.3) is 5.91 Å². The molecule has 3 atom stereocenters. The zero-order valence-electron chi connectivity index (χ0n) is 16.6. The van der Waals surface area contributed by atoms with Crippen LogP contribution < -0.4 is 5.32 Å². The highest BCUT2D eigenvalue weighted by Gasteiger charge is 2.43. The number of nitrogens with zero attached hydrogens (tertiary/aromatic N) is 1. The fraction of sp³-hybridized carbons (Fsp3) is 0.381. The Kier molecular flexibility index (Phi) is 6.97. The van der Waals surface area contributed by atoms with Gasteiger partial charge in [0.1, 0.15) is 6.04 Å². The summed E-state index contributed by atoms with van der Waals surface area (Å²) in [6.07, 6.45) is 2.42. The van der Waals surface area contributed by atoms with Crippen molar-refractivity contribution in [3.63, 3.8) is 0 Å². The van der Waals surface area contributed by atoms with Gasteiger partial charge >= 0.3 is 5.97 Å². The number of thiophene rings is 1. The van der Waals surface area contributed by atoms with Gasteiger partial charge in [0.05, 0.1) is 19.1 Å². The van der Waals surface area contributed by atoms with Crippen molar-refractivity contribution in [1.29, 1.82) is 0 Å². The zero-order chi connectivity index (χ0) is 21.0. The number of rotatable bonds is 7. The molecule has 0 aliphatic carbocycles. The lowest BCUT2D eigenvalue weighted by atomic mass is 9.81. The molecule has 1 aliphatic rings. The van der Waals surface area contributed by atoms with Gasteiger partial charge in [-0.2, -0.15) is 11.8 Å². The molecule has 0 saturated heterocycles. The number of methoxy groups -OCH3 is 1. The third kappa shape index (κ3) is 4.33. The van der Waals surface area contributed by atoms with Gasteiger partial charge in [0.2, 0.25) is 5.91 Å². The molecule has 0 unspecified atom stereocenters. The molecular weight excluding hydrogens is 408 g/mol. The van der Waals surface area contributed by atoms with Crippen molar-refractivity contribution in [2.24, 2.45) is 0 Å². The highest BCUT2D eigenvalue weighted by atomic mass is 32.2.